The molecule has 2 aliphatic rings. The minimum Gasteiger partial charge on any atom is -0.337 e. The molecule has 0 unspecified atom stereocenters. The molecule has 0 bridgehead atoms. The molecule has 2 aliphatic heterocycles. The summed E-state index contributed by atoms with van der Waals surface area (Å²) in [5, 5.41) is 12.9. The first-order chi connectivity index (χ1) is 12.6. The number of aromatic nitrogens is 5. The molecule has 1 saturated heterocycles. The number of rotatable bonds is 2. The Morgan fingerprint density at radius 3 is 2.65 bits per heavy atom. The predicted molar refractivity (Wildman–Crippen MR) is 94.9 cm³/mol. The van der Waals surface area contributed by atoms with E-state index in [1.165, 1.54) is 36.1 Å². The van der Waals surface area contributed by atoms with Crippen molar-refractivity contribution in [3.63, 3.8) is 0 Å². The van der Waals surface area contributed by atoms with Crippen LogP contribution in [-0.4, -0.2) is 48.4 Å². The third-order valence-electron chi connectivity index (χ3n) is 5.47. The molecule has 2 aromatic heterocycles. The summed E-state index contributed by atoms with van der Waals surface area (Å²) in [4.78, 5) is 25.9. The number of hydrogen-bond donors (Lipinski definition) is 0. The van der Waals surface area contributed by atoms with Crippen LogP contribution < -0.4 is 5.56 Å². The monoisotopic (exact) mass is 356 g/mol. The van der Waals surface area contributed by atoms with Crippen molar-refractivity contribution >= 4 is 5.91 Å². The van der Waals surface area contributed by atoms with E-state index >= 15 is 0 Å². The van der Waals surface area contributed by atoms with E-state index < -0.39 is 0 Å². The van der Waals surface area contributed by atoms with E-state index in [-0.39, 0.29) is 11.5 Å². The SMILES string of the molecule is Cn1nc(C(=O)N2CCC(c3nnc4n3CCCCC4)CC2)ccc1=O. The standard InChI is InChI=1S/C18H24N6O2/c1-22-16(25)7-6-14(21-22)18(26)23-11-8-13(9-12-23)17-20-19-15-5-3-2-4-10-24(15)17/h6-7,13H,2-5,8-12H2,1H3. The highest BCUT2D eigenvalue weighted by atomic mass is 16.2. The molecule has 0 aromatic carbocycles. The zero-order chi connectivity index (χ0) is 18.1. The van der Waals surface area contributed by atoms with Crippen LogP contribution in [0.15, 0.2) is 16.9 Å². The van der Waals surface area contributed by atoms with Crippen molar-refractivity contribution in [2.45, 2.75) is 51.0 Å². The first kappa shape index (κ1) is 16.9. The maximum Gasteiger partial charge on any atom is 0.274 e. The lowest BCUT2D eigenvalue weighted by atomic mass is 9.95. The number of carbonyl (C=O) groups excluding carboxylic acids is 1. The van der Waals surface area contributed by atoms with Gasteiger partial charge in [-0.15, -0.1) is 10.2 Å². The zero-order valence-electron chi connectivity index (χ0n) is 15.1. The fraction of sp³-hybridized carbons (Fsp3) is 0.611. The summed E-state index contributed by atoms with van der Waals surface area (Å²) in [5.74, 6) is 2.45. The van der Waals surface area contributed by atoms with Crippen LogP contribution >= 0.6 is 0 Å². The van der Waals surface area contributed by atoms with Gasteiger partial charge in [0.05, 0.1) is 0 Å². The first-order valence-electron chi connectivity index (χ1n) is 9.39. The maximum absolute atomic E-state index is 12.6. The van der Waals surface area contributed by atoms with Crippen LogP contribution in [-0.2, 0) is 20.0 Å². The molecule has 0 saturated carbocycles. The topological polar surface area (TPSA) is 85.9 Å². The predicted octanol–water partition coefficient (Wildman–Crippen LogP) is 1.12. The van der Waals surface area contributed by atoms with Crippen LogP contribution in [0.25, 0.3) is 0 Å². The van der Waals surface area contributed by atoms with Gasteiger partial charge in [-0.3, -0.25) is 9.59 Å². The van der Waals surface area contributed by atoms with Gasteiger partial charge in [-0.05, 0) is 31.7 Å². The van der Waals surface area contributed by atoms with Crippen LogP contribution in [0.1, 0.15) is 60.2 Å². The minimum absolute atomic E-state index is 0.112. The number of aryl methyl sites for hydroxylation is 2. The van der Waals surface area contributed by atoms with Crippen molar-refractivity contribution < 1.29 is 4.79 Å². The molecule has 4 heterocycles. The number of nitrogens with zero attached hydrogens (tertiary/aromatic N) is 6. The van der Waals surface area contributed by atoms with Crippen LogP contribution in [0.2, 0.25) is 0 Å². The number of fused-ring (bicyclic) bond motifs is 1. The Balaban J connectivity index is 1.44. The smallest absolute Gasteiger partial charge is 0.274 e. The van der Waals surface area contributed by atoms with Crippen LogP contribution in [0.3, 0.4) is 0 Å². The van der Waals surface area contributed by atoms with Crippen LogP contribution in [0, 0.1) is 0 Å². The molecule has 8 heteroatoms. The second-order valence-corrected chi connectivity index (χ2v) is 7.18. The number of likely N-dealkylation sites (tertiary alicyclic amines) is 1. The Bertz CT molecular complexity index is 863. The van der Waals surface area contributed by atoms with Gasteiger partial charge in [-0.25, -0.2) is 4.68 Å². The third-order valence-corrected chi connectivity index (χ3v) is 5.47. The highest BCUT2D eigenvalue weighted by Crippen LogP contribution is 2.29. The Kier molecular flexibility index (Phi) is 4.57. The zero-order valence-corrected chi connectivity index (χ0v) is 15.1. The van der Waals surface area contributed by atoms with E-state index in [1.807, 2.05) is 4.90 Å². The van der Waals surface area contributed by atoms with E-state index in [0.29, 0.717) is 24.7 Å². The average Bonchev–Trinajstić information content (AvgIpc) is 2.92. The molecule has 26 heavy (non-hydrogen) atoms. The van der Waals surface area contributed by atoms with E-state index in [9.17, 15) is 9.59 Å². The minimum atomic E-state index is -0.215. The fourth-order valence-electron chi connectivity index (χ4n) is 3.93. The summed E-state index contributed by atoms with van der Waals surface area (Å²) in [5.41, 5.74) is 0.106. The van der Waals surface area contributed by atoms with Gasteiger partial charge in [0.15, 0.2) is 0 Å². The van der Waals surface area contributed by atoms with Gasteiger partial charge in [0.25, 0.3) is 11.5 Å². The highest BCUT2D eigenvalue weighted by Gasteiger charge is 2.29. The second-order valence-electron chi connectivity index (χ2n) is 7.18. The van der Waals surface area contributed by atoms with Crippen molar-refractivity contribution in [1.29, 1.82) is 0 Å². The molecule has 0 atom stereocenters. The van der Waals surface area contributed by atoms with Crippen molar-refractivity contribution in [3.05, 3.63) is 39.8 Å². The molecule has 1 amide bonds. The average molecular weight is 356 g/mol. The Labute approximate surface area is 151 Å². The Hall–Kier alpha value is -2.51. The fourth-order valence-corrected chi connectivity index (χ4v) is 3.93. The number of amides is 1. The summed E-state index contributed by atoms with van der Waals surface area (Å²) in [7, 11) is 1.56. The summed E-state index contributed by atoms with van der Waals surface area (Å²) in [6, 6.07) is 2.90. The molecule has 4 rings (SSSR count). The van der Waals surface area contributed by atoms with Crippen molar-refractivity contribution in [2.24, 2.45) is 7.05 Å². The van der Waals surface area contributed by atoms with Gasteiger partial charge in [0.2, 0.25) is 0 Å². The van der Waals surface area contributed by atoms with E-state index in [1.54, 1.807) is 7.05 Å². The third kappa shape index (κ3) is 3.15. The van der Waals surface area contributed by atoms with Gasteiger partial charge >= 0.3 is 0 Å². The lowest BCUT2D eigenvalue weighted by Crippen LogP contribution is -2.39. The molecule has 0 aliphatic carbocycles. The Morgan fingerprint density at radius 2 is 1.88 bits per heavy atom. The molecule has 0 spiro atoms. The lowest BCUT2D eigenvalue weighted by molar-refractivity contribution is 0.0701. The molecule has 0 N–H and O–H groups in total. The van der Waals surface area contributed by atoms with Gasteiger partial charge in [0, 0.05) is 45.1 Å². The van der Waals surface area contributed by atoms with E-state index in [4.69, 9.17) is 0 Å². The quantitative estimate of drug-likeness (QED) is 0.805. The number of carbonyl (C=O) groups is 1. The second kappa shape index (κ2) is 7.01. The van der Waals surface area contributed by atoms with Gasteiger partial charge in [-0.2, -0.15) is 5.10 Å². The molecular weight excluding hydrogens is 332 g/mol. The van der Waals surface area contributed by atoms with Crippen LogP contribution in [0.4, 0.5) is 0 Å². The summed E-state index contributed by atoms with van der Waals surface area (Å²) < 4.78 is 3.51. The highest BCUT2D eigenvalue weighted by molar-refractivity contribution is 5.92. The van der Waals surface area contributed by atoms with E-state index in [2.05, 4.69) is 19.9 Å². The summed E-state index contributed by atoms with van der Waals surface area (Å²) in [6.45, 7) is 2.37. The number of hydrogen-bond acceptors (Lipinski definition) is 5. The molecule has 1 fully saturated rings. The molecular formula is C18H24N6O2. The van der Waals surface area contributed by atoms with Crippen molar-refractivity contribution in [2.75, 3.05) is 13.1 Å². The van der Waals surface area contributed by atoms with Gasteiger partial charge in [0.1, 0.15) is 17.3 Å². The number of piperidine rings is 1. The summed E-state index contributed by atoms with van der Waals surface area (Å²) in [6.07, 6.45) is 6.42. The van der Waals surface area contributed by atoms with Crippen molar-refractivity contribution in [3.8, 4) is 0 Å². The maximum atomic E-state index is 12.6. The molecule has 0 radical (unpaired) electrons. The van der Waals surface area contributed by atoms with Gasteiger partial charge < -0.3 is 9.47 Å². The summed E-state index contributed by atoms with van der Waals surface area (Å²) >= 11 is 0. The first-order valence-corrected chi connectivity index (χ1v) is 9.39. The Morgan fingerprint density at radius 1 is 1.08 bits per heavy atom. The van der Waals surface area contributed by atoms with E-state index in [0.717, 1.165) is 37.5 Å². The normalized spacial score (nSPS) is 18.4. The molecule has 8 nitrogen and oxygen atoms in total. The van der Waals surface area contributed by atoms with Crippen LogP contribution in [0.5, 0.6) is 0 Å². The lowest BCUT2D eigenvalue weighted by Gasteiger charge is -2.31. The van der Waals surface area contributed by atoms with Gasteiger partial charge in [-0.1, -0.05) is 6.42 Å². The largest absolute Gasteiger partial charge is 0.337 e. The molecule has 2 aromatic rings. The molecule has 138 valence electrons. The van der Waals surface area contributed by atoms with Crippen molar-refractivity contribution in [1.82, 2.24) is 29.4 Å².